The number of anilines is 6. The fourth-order valence-corrected chi connectivity index (χ4v) is 6.33. The summed E-state index contributed by atoms with van der Waals surface area (Å²) in [6.45, 7) is 0. The average Bonchev–Trinajstić information content (AvgIpc) is 3.07. The molecule has 0 spiro atoms. The quantitative estimate of drug-likeness (QED) is 0.195. The van der Waals surface area contributed by atoms with E-state index in [9.17, 15) is 0 Å². The Hall–Kier alpha value is -5.60. The van der Waals surface area contributed by atoms with Crippen molar-refractivity contribution < 1.29 is 0 Å². The fraction of sp³-hybridized carbons (Fsp3) is 0. The highest BCUT2D eigenvalue weighted by Crippen LogP contribution is 2.48. The minimum Gasteiger partial charge on any atom is -0.310 e. The Bertz CT molecular complexity index is 2030. The van der Waals surface area contributed by atoms with Crippen LogP contribution in [0.1, 0.15) is 0 Å². The van der Waals surface area contributed by atoms with Crippen LogP contribution in [0.3, 0.4) is 0 Å². The van der Waals surface area contributed by atoms with Gasteiger partial charge in [0.15, 0.2) is 0 Å². The third-order valence-corrected chi connectivity index (χ3v) is 8.14. The molecule has 0 aliphatic heterocycles. The van der Waals surface area contributed by atoms with Crippen molar-refractivity contribution in [2.24, 2.45) is 0 Å². The van der Waals surface area contributed by atoms with E-state index in [-0.39, 0.29) is 0 Å². The lowest BCUT2D eigenvalue weighted by Crippen LogP contribution is -2.12. The molecule has 42 heavy (non-hydrogen) atoms. The Kier molecular flexibility index (Phi) is 5.82. The summed E-state index contributed by atoms with van der Waals surface area (Å²) in [5.74, 6) is 0. The molecule has 0 atom stereocenters. The van der Waals surface area contributed by atoms with E-state index in [1.807, 2.05) is 0 Å². The van der Waals surface area contributed by atoms with Gasteiger partial charge in [0.05, 0.1) is 11.4 Å². The minimum atomic E-state index is 1.13. The van der Waals surface area contributed by atoms with Crippen molar-refractivity contribution in [3.63, 3.8) is 0 Å². The molecule has 0 heterocycles. The van der Waals surface area contributed by atoms with Gasteiger partial charge in [0.1, 0.15) is 0 Å². The van der Waals surface area contributed by atoms with Gasteiger partial charge in [0.25, 0.3) is 0 Å². The van der Waals surface area contributed by atoms with Gasteiger partial charge >= 0.3 is 0 Å². The molecule has 0 amide bonds. The summed E-state index contributed by atoms with van der Waals surface area (Å²) >= 11 is 0. The SMILES string of the molecule is c1ccc(N(c2ccccc2)c2cc3c(N(c4ccccc4)c4ccccc4)ccc4ccc5cccc2c5c43)cc1. The number of rotatable bonds is 6. The highest BCUT2D eigenvalue weighted by atomic mass is 15.2. The lowest BCUT2D eigenvalue weighted by Gasteiger charge is -2.30. The van der Waals surface area contributed by atoms with E-state index < -0.39 is 0 Å². The molecule has 0 unspecified atom stereocenters. The molecule has 0 bridgehead atoms. The van der Waals surface area contributed by atoms with Crippen LogP contribution in [0.2, 0.25) is 0 Å². The maximum atomic E-state index is 2.40. The van der Waals surface area contributed by atoms with Gasteiger partial charge in [-0.2, -0.15) is 0 Å². The first-order valence-corrected chi connectivity index (χ1v) is 14.4. The zero-order chi connectivity index (χ0) is 27.9. The largest absolute Gasteiger partial charge is 0.310 e. The first-order valence-electron chi connectivity index (χ1n) is 14.4. The molecule has 0 radical (unpaired) electrons. The van der Waals surface area contributed by atoms with Gasteiger partial charge in [-0.1, -0.05) is 109 Å². The average molecular weight is 537 g/mol. The standard InChI is InChI=1S/C40H28N2/c1-5-15-31(16-6-1)41(32-17-7-2-8-18-32)37-27-26-30-25-24-29-14-13-23-35-38(28-36(37)40(30)39(29)35)42(33-19-9-3-10-20-33)34-21-11-4-12-22-34/h1-28H. The van der Waals surface area contributed by atoms with Crippen LogP contribution in [0.4, 0.5) is 34.1 Å². The predicted molar refractivity (Wildman–Crippen MR) is 180 cm³/mol. The Balaban J connectivity index is 1.51. The maximum Gasteiger partial charge on any atom is 0.0547 e. The molecule has 0 saturated heterocycles. The van der Waals surface area contributed by atoms with Crippen molar-refractivity contribution in [2.45, 2.75) is 0 Å². The second-order valence-corrected chi connectivity index (χ2v) is 10.6. The predicted octanol–water partition coefficient (Wildman–Crippen LogP) is 11.5. The van der Waals surface area contributed by atoms with Crippen molar-refractivity contribution in [2.75, 3.05) is 9.80 Å². The molecule has 2 nitrogen and oxygen atoms in total. The van der Waals surface area contributed by atoms with E-state index >= 15 is 0 Å². The first kappa shape index (κ1) is 24.2. The smallest absolute Gasteiger partial charge is 0.0547 e. The lowest BCUT2D eigenvalue weighted by molar-refractivity contribution is 1.29. The molecule has 8 rings (SSSR count). The number of para-hydroxylation sites is 4. The van der Waals surface area contributed by atoms with Crippen LogP contribution in [0, 0.1) is 0 Å². The summed E-state index contributed by atoms with van der Waals surface area (Å²) in [5, 5.41) is 7.54. The Labute approximate surface area is 245 Å². The van der Waals surface area contributed by atoms with Crippen LogP contribution in [-0.4, -0.2) is 0 Å². The molecular weight excluding hydrogens is 508 g/mol. The van der Waals surface area contributed by atoms with Gasteiger partial charge in [-0.25, -0.2) is 0 Å². The van der Waals surface area contributed by atoms with E-state index in [2.05, 4.69) is 180 Å². The van der Waals surface area contributed by atoms with E-state index in [4.69, 9.17) is 0 Å². The van der Waals surface area contributed by atoms with Crippen LogP contribution >= 0.6 is 0 Å². The fourth-order valence-electron chi connectivity index (χ4n) is 6.33. The topological polar surface area (TPSA) is 6.48 Å². The van der Waals surface area contributed by atoms with Crippen LogP contribution in [0.15, 0.2) is 170 Å². The number of hydrogen-bond donors (Lipinski definition) is 0. The minimum absolute atomic E-state index is 1.13. The van der Waals surface area contributed by atoms with E-state index in [0.717, 1.165) is 34.1 Å². The summed E-state index contributed by atoms with van der Waals surface area (Å²) in [6.07, 6.45) is 0. The van der Waals surface area contributed by atoms with Crippen LogP contribution < -0.4 is 9.80 Å². The Morgan fingerprint density at radius 3 is 1.19 bits per heavy atom. The number of nitrogens with zero attached hydrogens (tertiary/aromatic N) is 2. The lowest BCUT2D eigenvalue weighted by atomic mass is 9.91. The Morgan fingerprint density at radius 1 is 0.286 bits per heavy atom. The van der Waals surface area contributed by atoms with E-state index in [0.29, 0.717) is 0 Å². The van der Waals surface area contributed by atoms with Crippen molar-refractivity contribution >= 4 is 66.4 Å². The van der Waals surface area contributed by atoms with Crippen molar-refractivity contribution in [3.05, 3.63) is 170 Å². The molecule has 0 N–H and O–H groups in total. The second-order valence-electron chi connectivity index (χ2n) is 10.6. The zero-order valence-electron chi connectivity index (χ0n) is 23.1. The summed E-state index contributed by atoms with van der Waals surface area (Å²) in [7, 11) is 0. The molecule has 0 fully saturated rings. The van der Waals surface area contributed by atoms with Crippen molar-refractivity contribution in [1.29, 1.82) is 0 Å². The van der Waals surface area contributed by atoms with Crippen LogP contribution in [-0.2, 0) is 0 Å². The number of benzene rings is 8. The maximum absolute atomic E-state index is 2.40. The summed E-state index contributed by atoms with van der Waals surface area (Å²) in [5.41, 5.74) is 6.82. The highest BCUT2D eigenvalue weighted by molar-refractivity contribution is 6.29. The van der Waals surface area contributed by atoms with Gasteiger partial charge in [0.2, 0.25) is 0 Å². The van der Waals surface area contributed by atoms with E-state index in [1.54, 1.807) is 0 Å². The van der Waals surface area contributed by atoms with Crippen LogP contribution in [0.25, 0.3) is 32.3 Å². The molecule has 0 aliphatic rings. The molecular formula is C40H28N2. The molecule has 0 aromatic heterocycles. The third kappa shape index (κ3) is 3.96. The molecule has 2 heteroatoms. The first-order chi connectivity index (χ1) is 20.9. The summed E-state index contributed by atoms with van der Waals surface area (Å²) in [6, 6.07) is 60.9. The summed E-state index contributed by atoms with van der Waals surface area (Å²) < 4.78 is 0. The van der Waals surface area contributed by atoms with Crippen LogP contribution in [0.5, 0.6) is 0 Å². The molecule has 8 aromatic carbocycles. The van der Waals surface area contributed by atoms with Gasteiger partial charge in [0, 0.05) is 33.5 Å². The van der Waals surface area contributed by atoms with Gasteiger partial charge in [-0.3, -0.25) is 0 Å². The summed E-state index contributed by atoms with van der Waals surface area (Å²) in [4.78, 5) is 4.77. The van der Waals surface area contributed by atoms with Gasteiger partial charge in [-0.05, 0) is 82.2 Å². The molecule has 0 saturated carbocycles. The number of hydrogen-bond acceptors (Lipinski definition) is 2. The third-order valence-electron chi connectivity index (χ3n) is 8.14. The molecule has 0 aliphatic carbocycles. The zero-order valence-corrected chi connectivity index (χ0v) is 23.1. The van der Waals surface area contributed by atoms with Gasteiger partial charge in [-0.15, -0.1) is 0 Å². The molecule has 8 aromatic rings. The normalized spacial score (nSPS) is 11.3. The highest BCUT2D eigenvalue weighted by Gasteiger charge is 2.22. The van der Waals surface area contributed by atoms with Crippen molar-refractivity contribution in [3.8, 4) is 0 Å². The second kappa shape index (κ2) is 10.1. The van der Waals surface area contributed by atoms with Gasteiger partial charge < -0.3 is 9.80 Å². The van der Waals surface area contributed by atoms with Crippen molar-refractivity contribution in [1.82, 2.24) is 0 Å². The van der Waals surface area contributed by atoms with E-state index in [1.165, 1.54) is 32.3 Å². The Morgan fingerprint density at radius 2 is 0.690 bits per heavy atom. The molecule has 198 valence electrons. The monoisotopic (exact) mass is 536 g/mol.